The van der Waals surface area contributed by atoms with Gasteiger partial charge in [-0.15, -0.1) is 0 Å². The van der Waals surface area contributed by atoms with Crippen LogP contribution in [0.15, 0.2) is 0 Å². The first-order chi connectivity index (χ1) is 17.1. The van der Waals surface area contributed by atoms with Crippen molar-refractivity contribution in [3.05, 3.63) is 0 Å². The monoisotopic (exact) mass is 491 g/mol. The number of amides is 2. The summed E-state index contributed by atoms with van der Waals surface area (Å²) in [5.41, 5.74) is 0. The molecule has 0 heterocycles. The summed E-state index contributed by atoms with van der Waals surface area (Å²) in [6.45, 7) is 3.39. The van der Waals surface area contributed by atoms with E-state index in [4.69, 9.17) is 0 Å². The molecular weight excluding hydrogens is 442 g/mol. The highest BCUT2D eigenvalue weighted by molar-refractivity contribution is 6.02. The number of hydrogen-bond acceptors (Lipinski definition) is 5. The van der Waals surface area contributed by atoms with E-state index in [0.29, 0.717) is 25.9 Å². The molecule has 35 heavy (non-hydrogen) atoms. The molecular formula is C28H49N3O4. The van der Waals surface area contributed by atoms with Crippen molar-refractivity contribution in [1.29, 1.82) is 0 Å². The van der Waals surface area contributed by atoms with Crippen LogP contribution in [0.3, 0.4) is 0 Å². The molecule has 2 atom stereocenters. The van der Waals surface area contributed by atoms with Crippen LogP contribution < -0.4 is 16.0 Å². The lowest BCUT2D eigenvalue weighted by molar-refractivity contribution is -0.135. The van der Waals surface area contributed by atoms with Crippen LogP contribution in [0.4, 0.5) is 0 Å². The molecule has 2 fully saturated rings. The fourth-order valence-electron chi connectivity index (χ4n) is 5.13. The molecule has 0 spiro atoms. The SMILES string of the molecule is O=C1CCCCCC1C(=O)NCCCCCCNCCCCCCNC(=O)C1CCCCCC1=O. The zero-order chi connectivity index (χ0) is 25.1. The van der Waals surface area contributed by atoms with Crippen LogP contribution in [0.2, 0.25) is 0 Å². The minimum Gasteiger partial charge on any atom is -0.355 e. The van der Waals surface area contributed by atoms with Crippen molar-refractivity contribution in [3.63, 3.8) is 0 Å². The van der Waals surface area contributed by atoms with E-state index >= 15 is 0 Å². The normalized spacial score (nSPS) is 21.3. The predicted molar refractivity (Wildman–Crippen MR) is 139 cm³/mol. The number of nitrogens with one attached hydrogen (secondary N) is 3. The second kappa shape index (κ2) is 18.5. The Labute approximate surface area is 212 Å². The quantitative estimate of drug-likeness (QED) is 0.170. The van der Waals surface area contributed by atoms with Gasteiger partial charge in [0, 0.05) is 25.9 Å². The van der Waals surface area contributed by atoms with Gasteiger partial charge in [0.15, 0.2) is 0 Å². The number of carbonyl (C=O) groups excluding carboxylic acids is 4. The summed E-state index contributed by atoms with van der Waals surface area (Å²) in [4.78, 5) is 48.5. The van der Waals surface area contributed by atoms with E-state index in [1.165, 1.54) is 0 Å². The highest BCUT2D eigenvalue weighted by Crippen LogP contribution is 2.21. The lowest BCUT2D eigenvalue weighted by Gasteiger charge is -2.13. The maximum absolute atomic E-state index is 12.2. The van der Waals surface area contributed by atoms with Crippen LogP contribution in [-0.4, -0.2) is 49.6 Å². The van der Waals surface area contributed by atoms with E-state index in [1.54, 1.807) is 0 Å². The van der Waals surface area contributed by atoms with Gasteiger partial charge in [-0.05, 0) is 64.5 Å². The van der Waals surface area contributed by atoms with E-state index in [2.05, 4.69) is 16.0 Å². The number of hydrogen-bond donors (Lipinski definition) is 3. The predicted octanol–water partition coefficient (Wildman–Crippen LogP) is 4.23. The Bertz CT molecular complexity index is 598. The average molecular weight is 492 g/mol. The maximum atomic E-state index is 12.2. The Morgan fingerprint density at radius 2 is 0.943 bits per heavy atom. The molecule has 0 bridgehead atoms. The highest BCUT2D eigenvalue weighted by atomic mass is 16.2. The summed E-state index contributed by atoms with van der Waals surface area (Å²) < 4.78 is 0. The van der Waals surface area contributed by atoms with Crippen LogP contribution in [0.1, 0.15) is 116 Å². The molecule has 2 saturated carbocycles. The second-order valence-electron chi connectivity index (χ2n) is 10.4. The molecule has 0 saturated heterocycles. The molecule has 2 aliphatic rings. The number of Topliss-reactive ketones (excluding diaryl/α,β-unsaturated/α-hetero) is 2. The Balaban J connectivity index is 1.33. The van der Waals surface area contributed by atoms with E-state index in [0.717, 1.165) is 116 Å². The van der Waals surface area contributed by atoms with Gasteiger partial charge in [0.25, 0.3) is 0 Å². The van der Waals surface area contributed by atoms with Gasteiger partial charge in [0.2, 0.25) is 11.8 Å². The van der Waals surface area contributed by atoms with Gasteiger partial charge in [-0.25, -0.2) is 0 Å². The van der Waals surface area contributed by atoms with Gasteiger partial charge in [-0.2, -0.15) is 0 Å². The largest absolute Gasteiger partial charge is 0.355 e. The van der Waals surface area contributed by atoms with Gasteiger partial charge < -0.3 is 16.0 Å². The topological polar surface area (TPSA) is 104 Å². The van der Waals surface area contributed by atoms with Crippen LogP contribution in [0, 0.1) is 11.8 Å². The zero-order valence-electron chi connectivity index (χ0n) is 21.8. The number of carbonyl (C=O) groups is 4. The lowest BCUT2D eigenvalue weighted by atomic mass is 9.98. The summed E-state index contributed by atoms with van der Waals surface area (Å²) in [6.07, 6.45) is 17.2. The Kier molecular flexibility index (Phi) is 15.6. The minimum absolute atomic E-state index is 0.0596. The third kappa shape index (κ3) is 12.7. The van der Waals surface area contributed by atoms with E-state index < -0.39 is 11.8 Å². The van der Waals surface area contributed by atoms with E-state index in [-0.39, 0.29) is 23.4 Å². The Morgan fingerprint density at radius 3 is 1.37 bits per heavy atom. The third-order valence-corrected chi connectivity index (χ3v) is 7.40. The van der Waals surface area contributed by atoms with Crippen molar-refractivity contribution in [2.75, 3.05) is 26.2 Å². The van der Waals surface area contributed by atoms with Crippen LogP contribution in [0.25, 0.3) is 0 Å². The summed E-state index contributed by atoms with van der Waals surface area (Å²) in [5.74, 6) is -0.679. The Hall–Kier alpha value is -1.76. The van der Waals surface area contributed by atoms with Crippen LogP contribution in [-0.2, 0) is 19.2 Å². The standard InChI is InChI=1S/C28H49N3O4/c32-25-17-9-5-7-15-23(25)27(34)30-21-13-3-1-11-19-29-20-12-2-4-14-22-31-28(35)24-16-8-6-10-18-26(24)33/h23-24,29H,1-22H2,(H,30,34)(H,31,35). The van der Waals surface area contributed by atoms with Gasteiger partial charge in [0.05, 0.1) is 11.8 Å². The van der Waals surface area contributed by atoms with Gasteiger partial charge in [-0.3, -0.25) is 19.2 Å². The van der Waals surface area contributed by atoms with Crippen LogP contribution >= 0.6 is 0 Å². The molecule has 2 rings (SSSR count). The molecule has 0 radical (unpaired) electrons. The number of rotatable bonds is 16. The van der Waals surface area contributed by atoms with Crippen molar-refractivity contribution in [1.82, 2.24) is 16.0 Å². The van der Waals surface area contributed by atoms with Crippen molar-refractivity contribution in [3.8, 4) is 0 Å². The number of ketones is 2. The van der Waals surface area contributed by atoms with Crippen molar-refractivity contribution in [2.45, 2.75) is 116 Å². The first-order valence-electron chi connectivity index (χ1n) is 14.4. The molecule has 0 aromatic rings. The molecule has 0 aromatic carbocycles. The fraction of sp³-hybridized carbons (Fsp3) is 0.857. The summed E-state index contributed by atoms with van der Waals surface area (Å²) in [6, 6.07) is 0. The molecule has 2 aliphatic carbocycles. The van der Waals surface area contributed by atoms with Crippen molar-refractivity contribution >= 4 is 23.4 Å². The molecule has 0 aromatic heterocycles. The maximum Gasteiger partial charge on any atom is 0.230 e. The second-order valence-corrected chi connectivity index (χ2v) is 10.4. The number of unbranched alkanes of at least 4 members (excludes halogenated alkanes) is 6. The summed E-state index contributed by atoms with van der Waals surface area (Å²) >= 11 is 0. The van der Waals surface area contributed by atoms with Gasteiger partial charge >= 0.3 is 0 Å². The summed E-state index contributed by atoms with van der Waals surface area (Å²) in [5, 5.41) is 9.42. The molecule has 3 N–H and O–H groups in total. The first-order valence-corrected chi connectivity index (χ1v) is 14.4. The van der Waals surface area contributed by atoms with E-state index in [9.17, 15) is 19.2 Å². The van der Waals surface area contributed by atoms with Gasteiger partial charge in [-0.1, -0.05) is 51.4 Å². The molecule has 2 unspecified atom stereocenters. The lowest BCUT2D eigenvalue weighted by Crippen LogP contribution is -2.35. The van der Waals surface area contributed by atoms with E-state index in [1.807, 2.05) is 0 Å². The highest BCUT2D eigenvalue weighted by Gasteiger charge is 2.28. The minimum atomic E-state index is -0.405. The molecule has 2 amide bonds. The smallest absolute Gasteiger partial charge is 0.230 e. The van der Waals surface area contributed by atoms with Gasteiger partial charge in [0.1, 0.15) is 11.6 Å². The fourth-order valence-corrected chi connectivity index (χ4v) is 5.13. The first kappa shape index (κ1) is 29.5. The molecule has 0 aliphatic heterocycles. The average Bonchev–Trinajstić information content (AvgIpc) is 3.20. The zero-order valence-corrected chi connectivity index (χ0v) is 21.8. The molecule has 7 heteroatoms. The molecule has 200 valence electrons. The Morgan fingerprint density at radius 1 is 0.543 bits per heavy atom. The summed E-state index contributed by atoms with van der Waals surface area (Å²) in [7, 11) is 0. The van der Waals surface area contributed by atoms with Crippen LogP contribution in [0.5, 0.6) is 0 Å². The molecule has 7 nitrogen and oxygen atoms in total. The van der Waals surface area contributed by atoms with Crippen molar-refractivity contribution < 1.29 is 19.2 Å². The van der Waals surface area contributed by atoms with Crippen molar-refractivity contribution in [2.24, 2.45) is 11.8 Å². The third-order valence-electron chi connectivity index (χ3n) is 7.40.